The first kappa shape index (κ1) is 15.6. The first-order valence-electron chi connectivity index (χ1n) is 7.19. The van der Waals surface area contributed by atoms with Crippen molar-refractivity contribution in [2.45, 2.75) is 25.3 Å². The smallest absolute Gasteiger partial charge is 0.319 e. The molecular weight excluding hydrogens is 273 g/mol. The maximum Gasteiger partial charge on any atom is 0.319 e. The molecule has 0 spiro atoms. The summed E-state index contributed by atoms with van der Waals surface area (Å²) in [6.07, 6.45) is 3.36. The number of halogens is 1. The van der Waals surface area contributed by atoms with Crippen molar-refractivity contribution in [1.82, 2.24) is 10.2 Å². The van der Waals surface area contributed by atoms with Crippen LogP contribution in [0.1, 0.15) is 19.3 Å². The van der Waals surface area contributed by atoms with Gasteiger partial charge in [0.05, 0.1) is 7.11 Å². The first-order valence-corrected chi connectivity index (χ1v) is 7.19. The fourth-order valence-corrected chi connectivity index (χ4v) is 2.61. The molecule has 1 atom stereocenters. The zero-order chi connectivity index (χ0) is 15.2. The molecule has 1 heterocycles. The number of hydrogen-bond donors (Lipinski definition) is 2. The number of hydrogen-bond acceptors (Lipinski definition) is 3. The molecule has 0 unspecified atom stereocenters. The van der Waals surface area contributed by atoms with Gasteiger partial charge in [0.15, 0.2) is 11.6 Å². The zero-order valence-electron chi connectivity index (χ0n) is 12.5. The van der Waals surface area contributed by atoms with Crippen molar-refractivity contribution in [2.24, 2.45) is 0 Å². The van der Waals surface area contributed by atoms with Crippen LogP contribution in [-0.2, 0) is 0 Å². The Bertz CT molecular complexity index is 496. The van der Waals surface area contributed by atoms with E-state index in [1.165, 1.54) is 38.2 Å². The molecule has 1 aromatic carbocycles. The van der Waals surface area contributed by atoms with Crippen LogP contribution in [0, 0.1) is 5.82 Å². The summed E-state index contributed by atoms with van der Waals surface area (Å²) >= 11 is 0. The zero-order valence-corrected chi connectivity index (χ0v) is 12.5. The summed E-state index contributed by atoms with van der Waals surface area (Å²) in [5.41, 5.74) is 0.503. The van der Waals surface area contributed by atoms with Crippen molar-refractivity contribution in [3.05, 3.63) is 24.0 Å². The van der Waals surface area contributed by atoms with Crippen LogP contribution in [0.5, 0.6) is 5.75 Å². The molecule has 2 amide bonds. The maximum atomic E-state index is 13.3. The van der Waals surface area contributed by atoms with Gasteiger partial charge < -0.3 is 20.3 Å². The van der Waals surface area contributed by atoms with Gasteiger partial charge in [-0.15, -0.1) is 0 Å². The van der Waals surface area contributed by atoms with E-state index in [1.54, 1.807) is 0 Å². The normalized spacial score (nSPS) is 18.5. The lowest BCUT2D eigenvalue weighted by atomic mass is 10.1. The molecule has 1 saturated heterocycles. The van der Waals surface area contributed by atoms with Crippen LogP contribution in [0.2, 0.25) is 0 Å². The van der Waals surface area contributed by atoms with E-state index < -0.39 is 5.82 Å². The van der Waals surface area contributed by atoms with Crippen molar-refractivity contribution in [1.29, 1.82) is 0 Å². The number of carbonyl (C=O) groups is 1. The second-order valence-electron chi connectivity index (χ2n) is 5.30. The molecule has 21 heavy (non-hydrogen) atoms. The number of carbonyl (C=O) groups excluding carboxylic acids is 1. The summed E-state index contributed by atoms with van der Waals surface area (Å²) in [6, 6.07) is 4.49. The molecule has 5 nitrogen and oxygen atoms in total. The van der Waals surface area contributed by atoms with Crippen LogP contribution in [0.3, 0.4) is 0 Å². The number of methoxy groups -OCH3 is 1. The number of urea groups is 1. The first-order chi connectivity index (χ1) is 10.1. The van der Waals surface area contributed by atoms with Gasteiger partial charge in [-0.3, -0.25) is 0 Å². The Balaban J connectivity index is 1.76. The third kappa shape index (κ3) is 4.32. The molecule has 1 aliphatic rings. The second kappa shape index (κ2) is 7.26. The lowest BCUT2D eigenvalue weighted by Gasteiger charge is -2.19. The number of ether oxygens (including phenoxy) is 1. The van der Waals surface area contributed by atoms with E-state index in [-0.39, 0.29) is 11.8 Å². The number of nitrogens with one attached hydrogen (secondary N) is 2. The summed E-state index contributed by atoms with van der Waals surface area (Å²) in [6.45, 7) is 1.76. The monoisotopic (exact) mass is 295 g/mol. The molecule has 6 heteroatoms. The Labute approximate surface area is 124 Å². The highest BCUT2D eigenvalue weighted by Crippen LogP contribution is 2.21. The third-order valence-electron chi connectivity index (χ3n) is 3.84. The highest BCUT2D eigenvalue weighted by molar-refractivity contribution is 5.89. The maximum absolute atomic E-state index is 13.3. The van der Waals surface area contributed by atoms with E-state index in [0.29, 0.717) is 18.3 Å². The number of amides is 2. The van der Waals surface area contributed by atoms with Crippen molar-refractivity contribution in [2.75, 3.05) is 32.6 Å². The summed E-state index contributed by atoms with van der Waals surface area (Å²) < 4.78 is 18.1. The third-order valence-corrected chi connectivity index (χ3v) is 3.84. The van der Waals surface area contributed by atoms with Gasteiger partial charge in [0.1, 0.15) is 0 Å². The van der Waals surface area contributed by atoms with E-state index in [4.69, 9.17) is 4.74 Å². The highest BCUT2D eigenvalue weighted by atomic mass is 19.1. The predicted octanol–water partition coefficient (Wildman–Crippen LogP) is 2.44. The standard InChI is InChI=1S/C15H22FN3O2/c1-19-9-3-4-12(19)7-8-17-15(20)18-11-5-6-13(16)14(10-11)21-2/h5-6,10,12H,3-4,7-9H2,1-2H3,(H2,17,18,20)/t12-/m0/s1. The largest absolute Gasteiger partial charge is 0.494 e. The van der Waals surface area contributed by atoms with E-state index in [0.717, 1.165) is 13.0 Å². The van der Waals surface area contributed by atoms with Crippen LogP contribution in [0.4, 0.5) is 14.9 Å². The molecule has 0 aliphatic carbocycles. The van der Waals surface area contributed by atoms with Gasteiger partial charge in [0.2, 0.25) is 0 Å². The number of rotatable bonds is 5. The number of benzene rings is 1. The average Bonchev–Trinajstić information content (AvgIpc) is 2.86. The Kier molecular flexibility index (Phi) is 5.38. The molecule has 116 valence electrons. The number of anilines is 1. The van der Waals surface area contributed by atoms with Crippen molar-refractivity contribution >= 4 is 11.7 Å². The molecule has 1 aliphatic heterocycles. The molecule has 0 radical (unpaired) electrons. The quantitative estimate of drug-likeness (QED) is 0.877. The highest BCUT2D eigenvalue weighted by Gasteiger charge is 2.20. The van der Waals surface area contributed by atoms with Crippen LogP contribution >= 0.6 is 0 Å². The molecule has 2 N–H and O–H groups in total. The van der Waals surface area contributed by atoms with Crippen LogP contribution in [0.25, 0.3) is 0 Å². The van der Waals surface area contributed by atoms with Gasteiger partial charge in [0.25, 0.3) is 0 Å². The van der Waals surface area contributed by atoms with Gasteiger partial charge in [-0.2, -0.15) is 0 Å². The van der Waals surface area contributed by atoms with Crippen molar-refractivity contribution in [3.8, 4) is 5.75 Å². The Morgan fingerprint density at radius 2 is 2.33 bits per heavy atom. The Morgan fingerprint density at radius 1 is 1.52 bits per heavy atom. The van der Waals surface area contributed by atoms with Gasteiger partial charge in [0, 0.05) is 24.3 Å². The summed E-state index contributed by atoms with van der Waals surface area (Å²) in [5, 5.41) is 5.49. The topological polar surface area (TPSA) is 53.6 Å². The van der Waals surface area contributed by atoms with Gasteiger partial charge in [-0.1, -0.05) is 0 Å². The molecule has 2 rings (SSSR count). The Morgan fingerprint density at radius 3 is 3.00 bits per heavy atom. The van der Waals surface area contributed by atoms with Crippen molar-refractivity contribution in [3.63, 3.8) is 0 Å². The molecular formula is C15H22FN3O2. The van der Waals surface area contributed by atoms with E-state index in [1.807, 2.05) is 0 Å². The van der Waals surface area contributed by atoms with E-state index >= 15 is 0 Å². The molecule has 1 fully saturated rings. The van der Waals surface area contributed by atoms with Crippen LogP contribution < -0.4 is 15.4 Å². The van der Waals surface area contributed by atoms with E-state index in [9.17, 15) is 9.18 Å². The lowest BCUT2D eigenvalue weighted by Crippen LogP contribution is -2.34. The predicted molar refractivity (Wildman–Crippen MR) is 80.2 cm³/mol. The minimum Gasteiger partial charge on any atom is -0.494 e. The van der Waals surface area contributed by atoms with Crippen molar-refractivity contribution < 1.29 is 13.9 Å². The summed E-state index contributed by atoms with van der Waals surface area (Å²) in [7, 11) is 3.50. The van der Waals surface area contributed by atoms with Gasteiger partial charge in [-0.05, 0) is 45.0 Å². The second-order valence-corrected chi connectivity index (χ2v) is 5.30. The molecule has 0 aromatic heterocycles. The fourth-order valence-electron chi connectivity index (χ4n) is 2.61. The molecule has 1 aromatic rings. The number of nitrogens with zero attached hydrogens (tertiary/aromatic N) is 1. The lowest BCUT2D eigenvalue weighted by molar-refractivity contribution is 0.248. The molecule has 0 bridgehead atoms. The van der Waals surface area contributed by atoms with Crippen LogP contribution in [-0.4, -0.2) is 44.2 Å². The summed E-state index contributed by atoms with van der Waals surface area (Å²) in [5.74, 6) is -0.340. The average molecular weight is 295 g/mol. The number of likely N-dealkylation sites (tertiary alicyclic amines) is 1. The van der Waals surface area contributed by atoms with Gasteiger partial charge in [-0.25, -0.2) is 9.18 Å². The van der Waals surface area contributed by atoms with Crippen LogP contribution in [0.15, 0.2) is 18.2 Å². The molecule has 0 saturated carbocycles. The minimum absolute atomic E-state index is 0.111. The minimum atomic E-state index is -0.451. The fraction of sp³-hybridized carbons (Fsp3) is 0.533. The van der Waals surface area contributed by atoms with E-state index in [2.05, 4.69) is 22.6 Å². The SMILES string of the molecule is COc1cc(NC(=O)NCC[C@@H]2CCCN2C)ccc1F. The summed E-state index contributed by atoms with van der Waals surface area (Å²) in [4.78, 5) is 14.1. The Hall–Kier alpha value is -1.82. The van der Waals surface area contributed by atoms with Gasteiger partial charge >= 0.3 is 6.03 Å².